The van der Waals surface area contributed by atoms with E-state index in [2.05, 4.69) is 17.9 Å². The van der Waals surface area contributed by atoms with Crippen molar-refractivity contribution in [3.05, 3.63) is 0 Å². The van der Waals surface area contributed by atoms with Crippen LogP contribution in [0.5, 0.6) is 0 Å². The third-order valence-electron chi connectivity index (χ3n) is 1.65. The fraction of sp³-hybridized carbons (Fsp3) is 1.00. The van der Waals surface area contributed by atoms with Crippen LogP contribution in [-0.2, 0) is 0 Å². The van der Waals surface area contributed by atoms with Crippen molar-refractivity contribution in [1.29, 1.82) is 0 Å². The van der Waals surface area contributed by atoms with Crippen molar-refractivity contribution in [3.8, 4) is 0 Å². The second-order valence-corrected chi connectivity index (χ2v) is 3.24. The minimum atomic E-state index is -0.993. The smallest absolute Gasteiger partial charge is 0.122 e. The molecule has 1 aliphatic heterocycles. The lowest BCUT2D eigenvalue weighted by Crippen LogP contribution is -2.23. The highest BCUT2D eigenvalue weighted by atomic mass is 32.1. The highest BCUT2D eigenvalue weighted by molar-refractivity contribution is 7.80. The van der Waals surface area contributed by atoms with Gasteiger partial charge < -0.3 is 5.32 Å². The molecule has 3 heteroatoms. The van der Waals surface area contributed by atoms with Gasteiger partial charge in [-0.05, 0) is 13.3 Å². The monoisotopic (exact) mass is 149 g/mol. The van der Waals surface area contributed by atoms with Gasteiger partial charge in [0.1, 0.15) is 5.67 Å². The van der Waals surface area contributed by atoms with E-state index in [0.29, 0.717) is 13.0 Å². The molecule has 54 valence electrons. The summed E-state index contributed by atoms with van der Waals surface area (Å²) in [6, 6.07) is 0.281. The Morgan fingerprint density at radius 3 is 2.78 bits per heavy atom. The van der Waals surface area contributed by atoms with Crippen LogP contribution in [0.1, 0.15) is 13.3 Å². The highest BCUT2D eigenvalue weighted by Gasteiger charge is 2.33. The summed E-state index contributed by atoms with van der Waals surface area (Å²) in [6.07, 6.45) is 0.608. The summed E-state index contributed by atoms with van der Waals surface area (Å²) in [6.45, 7) is 2.11. The van der Waals surface area contributed by atoms with Gasteiger partial charge in [-0.15, -0.1) is 0 Å². The topological polar surface area (TPSA) is 12.0 Å². The Labute approximate surface area is 60.4 Å². The number of alkyl halides is 1. The van der Waals surface area contributed by atoms with Crippen LogP contribution in [0.3, 0.4) is 0 Å². The molecular formula is C6H12FNS. The van der Waals surface area contributed by atoms with Gasteiger partial charge in [-0.3, -0.25) is 0 Å². The Morgan fingerprint density at radius 2 is 2.56 bits per heavy atom. The Hall–Kier alpha value is 0.240. The molecule has 1 saturated heterocycles. The zero-order valence-corrected chi connectivity index (χ0v) is 6.42. The molecule has 0 aromatic rings. The maximum atomic E-state index is 13.0. The minimum absolute atomic E-state index is 0.281. The molecule has 1 rings (SSSR count). The number of nitrogens with one attached hydrogen (secondary N) is 1. The summed E-state index contributed by atoms with van der Waals surface area (Å²) in [5.41, 5.74) is -0.993. The van der Waals surface area contributed by atoms with Crippen LogP contribution in [0, 0.1) is 0 Å². The van der Waals surface area contributed by atoms with Crippen LogP contribution in [0.25, 0.3) is 0 Å². The largest absolute Gasteiger partial charge is 0.310 e. The quantitative estimate of drug-likeness (QED) is 0.530. The van der Waals surface area contributed by atoms with Gasteiger partial charge in [0.2, 0.25) is 0 Å². The van der Waals surface area contributed by atoms with Gasteiger partial charge in [-0.2, -0.15) is 12.6 Å². The van der Waals surface area contributed by atoms with Crippen LogP contribution >= 0.6 is 12.6 Å². The fourth-order valence-corrected chi connectivity index (χ4v) is 1.40. The van der Waals surface area contributed by atoms with Gasteiger partial charge in [0, 0.05) is 18.3 Å². The molecule has 0 bridgehead atoms. The van der Waals surface area contributed by atoms with Gasteiger partial charge in [-0.25, -0.2) is 4.39 Å². The van der Waals surface area contributed by atoms with Crippen LogP contribution in [-0.4, -0.2) is 24.0 Å². The average molecular weight is 149 g/mol. The van der Waals surface area contributed by atoms with Crippen LogP contribution in [0.2, 0.25) is 0 Å². The van der Waals surface area contributed by atoms with E-state index in [1.54, 1.807) is 6.92 Å². The van der Waals surface area contributed by atoms with Crippen molar-refractivity contribution in [2.45, 2.75) is 25.1 Å². The second-order valence-electron chi connectivity index (χ2n) is 2.88. The molecule has 9 heavy (non-hydrogen) atoms. The van der Waals surface area contributed by atoms with Crippen molar-refractivity contribution < 1.29 is 4.39 Å². The Kier molecular flexibility index (Phi) is 2.01. The number of hydrogen-bond donors (Lipinski definition) is 2. The van der Waals surface area contributed by atoms with Crippen molar-refractivity contribution in [2.24, 2.45) is 0 Å². The molecule has 1 unspecified atom stereocenters. The van der Waals surface area contributed by atoms with Crippen LogP contribution in [0.4, 0.5) is 4.39 Å². The highest BCUT2D eigenvalue weighted by Crippen LogP contribution is 2.22. The van der Waals surface area contributed by atoms with Gasteiger partial charge in [0.15, 0.2) is 0 Å². The standard InChI is InChI=1S/C6H12FNS/c1-6(7)2-5(3-9)8-4-6/h5,8-9H,2-4H2,1H3/t5-,6?/m1/s1. The Morgan fingerprint density at radius 1 is 1.89 bits per heavy atom. The Bertz CT molecular complexity index is 105. The predicted molar refractivity (Wildman–Crippen MR) is 39.8 cm³/mol. The molecule has 0 radical (unpaired) electrons. The summed E-state index contributed by atoms with van der Waals surface area (Å²) in [5.74, 6) is 0.736. The lowest BCUT2D eigenvalue weighted by molar-refractivity contribution is 0.215. The molecule has 1 nitrogen and oxygen atoms in total. The third kappa shape index (κ3) is 1.83. The normalized spacial score (nSPS) is 43.7. The fourth-order valence-electron chi connectivity index (χ4n) is 1.14. The predicted octanol–water partition coefficient (Wildman–Crippen LogP) is 1.01. The first-order valence-corrected chi connectivity index (χ1v) is 3.80. The molecule has 1 aliphatic rings. The first-order chi connectivity index (χ1) is 4.14. The van der Waals surface area contributed by atoms with E-state index in [1.807, 2.05) is 0 Å². The van der Waals surface area contributed by atoms with E-state index < -0.39 is 5.67 Å². The summed E-state index contributed by atoms with van der Waals surface area (Å²) < 4.78 is 13.0. The Balaban J connectivity index is 2.38. The molecule has 0 aromatic carbocycles. The van der Waals surface area contributed by atoms with Crippen LogP contribution in [0.15, 0.2) is 0 Å². The van der Waals surface area contributed by atoms with E-state index in [0.717, 1.165) is 5.75 Å². The molecule has 0 amide bonds. The minimum Gasteiger partial charge on any atom is -0.310 e. The number of hydrogen-bond acceptors (Lipinski definition) is 2. The summed E-state index contributed by atoms with van der Waals surface area (Å²) in [7, 11) is 0. The molecule has 0 saturated carbocycles. The number of thiol groups is 1. The molecule has 0 spiro atoms. The van der Waals surface area contributed by atoms with Gasteiger partial charge >= 0.3 is 0 Å². The van der Waals surface area contributed by atoms with Crippen molar-refractivity contribution >= 4 is 12.6 Å². The average Bonchev–Trinajstić information content (AvgIpc) is 2.10. The molecule has 1 fully saturated rings. The van der Waals surface area contributed by atoms with Crippen LogP contribution < -0.4 is 5.32 Å². The number of halogens is 1. The van der Waals surface area contributed by atoms with E-state index in [-0.39, 0.29) is 6.04 Å². The summed E-state index contributed by atoms with van der Waals surface area (Å²) in [4.78, 5) is 0. The molecule has 1 N–H and O–H groups in total. The maximum absolute atomic E-state index is 13.0. The zero-order chi connectivity index (χ0) is 6.91. The van der Waals surface area contributed by atoms with Gasteiger partial charge in [0.05, 0.1) is 0 Å². The first kappa shape index (κ1) is 7.35. The summed E-state index contributed by atoms with van der Waals surface area (Å²) >= 11 is 4.06. The molecule has 0 aromatic heterocycles. The SMILES string of the molecule is CC1(F)CN[C@@H](CS)C1. The van der Waals surface area contributed by atoms with Crippen molar-refractivity contribution in [1.82, 2.24) is 5.32 Å². The van der Waals surface area contributed by atoms with Gasteiger partial charge in [-0.1, -0.05) is 0 Å². The van der Waals surface area contributed by atoms with E-state index in [9.17, 15) is 4.39 Å². The molecule has 2 atom stereocenters. The summed E-state index contributed by atoms with van der Waals surface area (Å²) in [5, 5.41) is 3.05. The maximum Gasteiger partial charge on any atom is 0.122 e. The van der Waals surface area contributed by atoms with E-state index >= 15 is 0 Å². The third-order valence-corrected chi connectivity index (χ3v) is 2.09. The lowest BCUT2D eigenvalue weighted by Gasteiger charge is -2.09. The van der Waals surface area contributed by atoms with Crippen molar-refractivity contribution in [3.63, 3.8) is 0 Å². The number of rotatable bonds is 1. The zero-order valence-electron chi connectivity index (χ0n) is 5.52. The van der Waals surface area contributed by atoms with E-state index in [1.165, 1.54) is 0 Å². The van der Waals surface area contributed by atoms with Crippen molar-refractivity contribution in [2.75, 3.05) is 12.3 Å². The van der Waals surface area contributed by atoms with E-state index in [4.69, 9.17) is 0 Å². The van der Waals surface area contributed by atoms with Gasteiger partial charge in [0.25, 0.3) is 0 Å². The lowest BCUT2D eigenvalue weighted by atomic mass is 10.1. The molecular weight excluding hydrogens is 137 g/mol. The first-order valence-electron chi connectivity index (χ1n) is 3.17. The molecule has 0 aliphatic carbocycles. The molecule has 1 heterocycles. The second kappa shape index (κ2) is 2.46.